The van der Waals surface area contributed by atoms with E-state index >= 15 is 0 Å². The molecule has 1 rings (SSSR count). The molecule has 66 valence electrons. The van der Waals surface area contributed by atoms with Crippen LogP contribution in [0.3, 0.4) is 0 Å². The lowest BCUT2D eigenvalue weighted by Crippen LogP contribution is -1.86. The van der Waals surface area contributed by atoms with Crippen molar-refractivity contribution in [2.75, 3.05) is 5.33 Å². The molecule has 1 heterocycles. The second-order valence-corrected chi connectivity index (χ2v) is 3.65. The molecular formula is C10H14BrN. The molecule has 0 saturated carbocycles. The van der Waals surface area contributed by atoms with E-state index in [1.165, 1.54) is 31.2 Å². The van der Waals surface area contributed by atoms with Gasteiger partial charge in [0.1, 0.15) is 0 Å². The number of aryl methyl sites for hydroxylation is 1. The zero-order valence-corrected chi connectivity index (χ0v) is 8.76. The lowest BCUT2D eigenvalue weighted by molar-refractivity contribution is 0.724. The van der Waals surface area contributed by atoms with Crippen LogP contribution in [-0.4, -0.2) is 10.3 Å². The van der Waals surface area contributed by atoms with Crippen molar-refractivity contribution in [3.05, 3.63) is 30.1 Å². The van der Waals surface area contributed by atoms with E-state index in [-0.39, 0.29) is 0 Å². The molecule has 0 saturated heterocycles. The van der Waals surface area contributed by atoms with Crippen LogP contribution in [0.15, 0.2) is 24.5 Å². The first-order valence-electron chi connectivity index (χ1n) is 4.38. The van der Waals surface area contributed by atoms with Gasteiger partial charge >= 0.3 is 0 Å². The summed E-state index contributed by atoms with van der Waals surface area (Å²) in [4.78, 5) is 3.98. The van der Waals surface area contributed by atoms with Gasteiger partial charge in [-0.05, 0) is 37.0 Å². The van der Waals surface area contributed by atoms with E-state index in [9.17, 15) is 0 Å². The molecule has 1 nitrogen and oxygen atoms in total. The molecule has 0 unspecified atom stereocenters. The Morgan fingerprint density at radius 3 is 2.50 bits per heavy atom. The molecule has 0 fully saturated rings. The van der Waals surface area contributed by atoms with Crippen LogP contribution in [0.5, 0.6) is 0 Å². The summed E-state index contributed by atoms with van der Waals surface area (Å²) in [6, 6.07) is 4.18. The molecule has 0 amide bonds. The first kappa shape index (κ1) is 9.72. The Morgan fingerprint density at radius 2 is 1.83 bits per heavy atom. The predicted octanol–water partition coefficient (Wildman–Crippen LogP) is 3.19. The third kappa shape index (κ3) is 3.86. The summed E-state index contributed by atoms with van der Waals surface area (Å²) in [5.41, 5.74) is 1.40. The first-order valence-corrected chi connectivity index (χ1v) is 5.50. The van der Waals surface area contributed by atoms with Crippen LogP contribution in [0.4, 0.5) is 0 Å². The van der Waals surface area contributed by atoms with Gasteiger partial charge in [0.25, 0.3) is 0 Å². The van der Waals surface area contributed by atoms with Crippen molar-refractivity contribution in [3.8, 4) is 0 Å². The molecule has 0 bridgehead atoms. The molecular weight excluding hydrogens is 214 g/mol. The highest BCUT2D eigenvalue weighted by Crippen LogP contribution is 2.05. The van der Waals surface area contributed by atoms with Crippen molar-refractivity contribution in [1.29, 1.82) is 0 Å². The molecule has 0 N–H and O–H groups in total. The van der Waals surface area contributed by atoms with Crippen molar-refractivity contribution in [2.45, 2.75) is 25.7 Å². The van der Waals surface area contributed by atoms with Gasteiger partial charge in [0.05, 0.1) is 0 Å². The summed E-state index contributed by atoms with van der Waals surface area (Å²) < 4.78 is 0. The van der Waals surface area contributed by atoms with E-state index in [1.54, 1.807) is 0 Å². The fourth-order valence-corrected chi connectivity index (χ4v) is 1.55. The molecule has 0 aliphatic rings. The van der Waals surface area contributed by atoms with Gasteiger partial charge in [0, 0.05) is 17.7 Å². The predicted molar refractivity (Wildman–Crippen MR) is 55.6 cm³/mol. The summed E-state index contributed by atoms with van der Waals surface area (Å²) in [5.74, 6) is 0. The molecule has 1 aromatic heterocycles. The zero-order chi connectivity index (χ0) is 8.65. The number of aromatic nitrogens is 1. The van der Waals surface area contributed by atoms with E-state index in [2.05, 4.69) is 33.0 Å². The number of nitrogens with zero attached hydrogens (tertiary/aromatic N) is 1. The summed E-state index contributed by atoms with van der Waals surface area (Å²) >= 11 is 3.43. The SMILES string of the molecule is BrCCCCCc1ccncc1. The van der Waals surface area contributed by atoms with Crippen molar-refractivity contribution in [3.63, 3.8) is 0 Å². The molecule has 0 spiro atoms. The van der Waals surface area contributed by atoms with E-state index < -0.39 is 0 Å². The number of alkyl halides is 1. The third-order valence-electron chi connectivity index (χ3n) is 1.85. The highest BCUT2D eigenvalue weighted by molar-refractivity contribution is 9.09. The average molecular weight is 228 g/mol. The van der Waals surface area contributed by atoms with Gasteiger partial charge in [-0.25, -0.2) is 0 Å². The Morgan fingerprint density at radius 1 is 1.08 bits per heavy atom. The fraction of sp³-hybridized carbons (Fsp3) is 0.500. The van der Waals surface area contributed by atoms with Crippen molar-refractivity contribution in [2.24, 2.45) is 0 Å². The molecule has 2 heteroatoms. The Kier molecular flexibility index (Phi) is 5.00. The maximum Gasteiger partial charge on any atom is 0.0270 e. The Balaban J connectivity index is 2.16. The van der Waals surface area contributed by atoms with Crippen LogP contribution in [0.2, 0.25) is 0 Å². The zero-order valence-electron chi connectivity index (χ0n) is 7.17. The van der Waals surface area contributed by atoms with Crippen LogP contribution in [-0.2, 0) is 6.42 Å². The van der Waals surface area contributed by atoms with E-state index in [4.69, 9.17) is 0 Å². The van der Waals surface area contributed by atoms with E-state index in [0.29, 0.717) is 0 Å². The fourth-order valence-electron chi connectivity index (χ4n) is 1.15. The quantitative estimate of drug-likeness (QED) is 0.557. The van der Waals surface area contributed by atoms with E-state index in [0.717, 1.165) is 5.33 Å². The first-order chi connectivity index (χ1) is 5.93. The number of halogens is 1. The monoisotopic (exact) mass is 227 g/mol. The van der Waals surface area contributed by atoms with Gasteiger partial charge < -0.3 is 0 Å². The number of hydrogen-bond donors (Lipinski definition) is 0. The van der Waals surface area contributed by atoms with Gasteiger partial charge in [-0.15, -0.1) is 0 Å². The molecule has 0 aliphatic carbocycles. The van der Waals surface area contributed by atoms with Crippen molar-refractivity contribution < 1.29 is 0 Å². The highest BCUT2D eigenvalue weighted by Gasteiger charge is 1.91. The van der Waals surface area contributed by atoms with E-state index in [1.807, 2.05) is 12.4 Å². The summed E-state index contributed by atoms with van der Waals surface area (Å²) in [7, 11) is 0. The molecule has 0 aliphatic heterocycles. The smallest absolute Gasteiger partial charge is 0.0270 e. The van der Waals surface area contributed by atoms with Crippen LogP contribution >= 0.6 is 15.9 Å². The molecule has 0 aromatic carbocycles. The maximum atomic E-state index is 3.98. The van der Waals surface area contributed by atoms with Gasteiger partial charge in [-0.1, -0.05) is 22.4 Å². The highest BCUT2D eigenvalue weighted by atomic mass is 79.9. The lowest BCUT2D eigenvalue weighted by Gasteiger charge is -1.98. The number of rotatable bonds is 5. The van der Waals surface area contributed by atoms with Crippen molar-refractivity contribution in [1.82, 2.24) is 4.98 Å². The topological polar surface area (TPSA) is 12.9 Å². The van der Waals surface area contributed by atoms with Crippen LogP contribution < -0.4 is 0 Å². The Hall–Kier alpha value is -0.370. The van der Waals surface area contributed by atoms with Gasteiger partial charge in [0.2, 0.25) is 0 Å². The number of pyridine rings is 1. The largest absolute Gasteiger partial charge is 0.265 e. The van der Waals surface area contributed by atoms with Crippen LogP contribution in [0.25, 0.3) is 0 Å². The Labute approximate surface area is 82.3 Å². The van der Waals surface area contributed by atoms with Crippen LogP contribution in [0.1, 0.15) is 24.8 Å². The third-order valence-corrected chi connectivity index (χ3v) is 2.41. The number of hydrogen-bond acceptors (Lipinski definition) is 1. The van der Waals surface area contributed by atoms with Gasteiger partial charge in [-0.3, -0.25) is 4.98 Å². The summed E-state index contributed by atoms with van der Waals surface area (Å²) in [5, 5.41) is 1.13. The normalized spacial score (nSPS) is 10.1. The minimum Gasteiger partial charge on any atom is -0.265 e. The molecule has 0 radical (unpaired) electrons. The van der Waals surface area contributed by atoms with Crippen LogP contribution in [0, 0.1) is 0 Å². The average Bonchev–Trinajstić information content (AvgIpc) is 2.14. The molecule has 1 aromatic rings. The summed E-state index contributed by atoms with van der Waals surface area (Å²) in [6.45, 7) is 0. The standard InChI is InChI=1S/C10H14BrN/c11-7-3-1-2-4-10-5-8-12-9-6-10/h5-6,8-9H,1-4,7H2. The minimum atomic E-state index is 1.13. The molecule has 12 heavy (non-hydrogen) atoms. The molecule has 0 atom stereocenters. The number of unbranched alkanes of at least 4 members (excludes halogenated alkanes) is 2. The lowest BCUT2D eigenvalue weighted by atomic mass is 10.1. The van der Waals surface area contributed by atoms with Gasteiger partial charge in [-0.2, -0.15) is 0 Å². The van der Waals surface area contributed by atoms with Gasteiger partial charge in [0.15, 0.2) is 0 Å². The Bertz CT molecular complexity index is 198. The summed E-state index contributed by atoms with van der Waals surface area (Å²) in [6.07, 6.45) is 8.80. The second kappa shape index (κ2) is 6.18. The minimum absolute atomic E-state index is 1.13. The van der Waals surface area contributed by atoms with Crippen molar-refractivity contribution >= 4 is 15.9 Å². The second-order valence-electron chi connectivity index (χ2n) is 2.86. The maximum absolute atomic E-state index is 3.98.